The van der Waals surface area contributed by atoms with Crippen LogP contribution >= 0.6 is 22.9 Å². The van der Waals surface area contributed by atoms with Crippen molar-refractivity contribution in [1.29, 1.82) is 0 Å². The van der Waals surface area contributed by atoms with E-state index in [-0.39, 0.29) is 11.1 Å². The predicted molar refractivity (Wildman–Crippen MR) is 103 cm³/mol. The molecule has 0 aliphatic carbocycles. The van der Waals surface area contributed by atoms with Crippen molar-refractivity contribution in [3.8, 4) is 11.1 Å². The lowest BCUT2D eigenvalue weighted by atomic mass is 10.0. The average molecular weight is 376 g/mol. The second kappa shape index (κ2) is 6.54. The number of benzene rings is 1. The lowest BCUT2D eigenvalue weighted by Gasteiger charge is -2.35. The maximum absolute atomic E-state index is 13.4. The van der Waals surface area contributed by atoms with Gasteiger partial charge in [-0.2, -0.15) is 4.98 Å². The van der Waals surface area contributed by atoms with Crippen LogP contribution in [0.4, 0.5) is 10.2 Å². The lowest BCUT2D eigenvalue weighted by molar-refractivity contribution is 0.482. The fourth-order valence-corrected chi connectivity index (χ4v) is 4.91. The Labute approximate surface area is 155 Å². The molecule has 6 heteroatoms. The third-order valence-corrected chi connectivity index (χ3v) is 6.06. The number of halogens is 2. The van der Waals surface area contributed by atoms with E-state index < -0.39 is 0 Å². The van der Waals surface area contributed by atoms with Gasteiger partial charge >= 0.3 is 0 Å². The Hall–Kier alpha value is -1.72. The summed E-state index contributed by atoms with van der Waals surface area (Å²) in [6.07, 6.45) is 3.55. The number of anilines is 1. The Bertz CT molecular complexity index is 923. The highest BCUT2D eigenvalue weighted by molar-refractivity contribution is 7.19. The summed E-state index contributed by atoms with van der Waals surface area (Å²) in [5.74, 6) is 0.677. The van der Waals surface area contributed by atoms with Crippen LogP contribution in [-0.2, 0) is 0 Å². The zero-order valence-electron chi connectivity index (χ0n) is 14.2. The van der Waals surface area contributed by atoms with E-state index in [2.05, 4.69) is 28.7 Å². The largest absolute Gasteiger partial charge is 0.353 e. The molecule has 0 radical (unpaired) electrons. The maximum Gasteiger partial charge on any atom is 0.225 e. The van der Waals surface area contributed by atoms with E-state index in [4.69, 9.17) is 11.6 Å². The molecule has 1 aliphatic heterocycles. The Kier molecular flexibility index (Phi) is 4.38. The van der Waals surface area contributed by atoms with Crippen LogP contribution in [0, 0.1) is 12.7 Å². The third kappa shape index (κ3) is 3.00. The predicted octanol–water partition coefficient (Wildman–Crippen LogP) is 5.84. The fourth-order valence-electron chi connectivity index (χ4n) is 3.65. The molecule has 130 valence electrons. The molecule has 2 aromatic heterocycles. The molecule has 3 heterocycles. The first-order chi connectivity index (χ1) is 12.0. The number of rotatable bonds is 2. The summed E-state index contributed by atoms with van der Waals surface area (Å²) in [6.45, 7) is 5.28. The highest BCUT2D eigenvalue weighted by Crippen LogP contribution is 2.43. The van der Waals surface area contributed by atoms with Crippen molar-refractivity contribution in [3.63, 3.8) is 0 Å². The number of aryl methyl sites for hydroxylation is 1. The molecule has 1 saturated heterocycles. The molecule has 3 nitrogen and oxygen atoms in total. The van der Waals surface area contributed by atoms with Crippen molar-refractivity contribution in [3.05, 3.63) is 40.2 Å². The van der Waals surface area contributed by atoms with E-state index in [0.29, 0.717) is 6.04 Å². The molecular weight excluding hydrogens is 357 g/mol. The molecule has 25 heavy (non-hydrogen) atoms. The average Bonchev–Trinajstić information content (AvgIpc) is 2.91. The Morgan fingerprint density at radius 2 is 1.96 bits per heavy atom. The number of thiophene rings is 1. The van der Waals surface area contributed by atoms with E-state index in [1.54, 1.807) is 11.3 Å². The van der Waals surface area contributed by atoms with Crippen LogP contribution in [0.25, 0.3) is 21.3 Å². The molecule has 3 aromatic rings. The van der Waals surface area contributed by atoms with Crippen molar-refractivity contribution in [2.24, 2.45) is 0 Å². The minimum absolute atomic E-state index is 0.231. The minimum Gasteiger partial charge on any atom is -0.353 e. The lowest BCUT2D eigenvalue weighted by Crippen LogP contribution is -2.38. The second-order valence-electron chi connectivity index (χ2n) is 6.57. The molecule has 1 aliphatic rings. The Morgan fingerprint density at radius 1 is 1.20 bits per heavy atom. The number of hydrogen-bond acceptors (Lipinski definition) is 4. The van der Waals surface area contributed by atoms with E-state index >= 15 is 0 Å². The molecule has 0 N–H and O–H groups in total. The van der Waals surface area contributed by atoms with Crippen molar-refractivity contribution < 1.29 is 4.39 Å². The molecule has 0 spiro atoms. The molecular formula is C19H19ClFN3S. The van der Waals surface area contributed by atoms with Crippen molar-refractivity contribution >= 4 is 39.0 Å². The molecule has 0 saturated carbocycles. The fraction of sp³-hybridized carbons (Fsp3) is 0.368. The molecule has 1 aromatic carbocycles. The van der Waals surface area contributed by atoms with Gasteiger partial charge in [-0.05, 0) is 62.4 Å². The number of piperidine rings is 1. The number of fused-ring (bicyclic) bond motifs is 1. The van der Waals surface area contributed by atoms with Crippen LogP contribution in [0.2, 0.25) is 5.28 Å². The number of aromatic nitrogens is 2. The summed E-state index contributed by atoms with van der Waals surface area (Å²) in [7, 11) is 0. The molecule has 0 amide bonds. The number of hydrogen-bond donors (Lipinski definition) is 0. The monoisotopic (exact) mass is 375 g/mol. The Morgan fingerprint density at radius 3 is 2.68 bits per heavy atom. The van der Waals surface area contributed by atoms with Crippen molar-refractivity contribution in [2.75, 3.05) is 11.4 Å². The minimum atomic E-state index is -0.231. The summed E-state index contributed by atoms with van der Waals surface area (Å²) in [6, 6.07) is 7.06. The summed E-state index contributed by atoms with van der Waals surface area (Å²) in [5.41, 5.74) is 2.08. The first-order valence-electron chi connectivity index (χ1n) is 8.54. The van der Waals surface area contributed by atoms with Gasteiger partial charge in [0.15, 0.2) is 0 Å². The molecule has 1 unspecified atom stereocenters. The molecule has 4 rings (SSSR count). The van der Waals surface area contributed by atoms with Gasteiger partial charge in [0.25, 0.3) is 0 Å². The smallest absolute Gasteiger partial charge is 0.225 e. The second-order valence-corrected chi connectivity index (χ2v) is 8.12. The van der Waals surface area contributed by atoms with Crippen molar-refractivity contribution in [1.82, 2.24) is 9.97 Å². The highest BCUT2D eigenvalue weighted by Gasteiger charge is 2.26. The van der Waals surface area contributed by atoms with Crippen LogP contribution in [-0.4, -0.2) is 22.6 Å². The summed E-state index contributed by atoms with van der Waals surface area (Å²) >= 11 is 7.84. The van der Waals surface area contributed by atoms with Gasteiger partial charge < -0.3 is 4.90 Å². The van der Waals surface area contributed by atoms with Gasteiger partial charge in [0.2, 0.25) is 5.28 Å². The van der Waals surface area contributed by atoms with Gasteiger partial charge in [0.05, 0.1) is 5.39 Å². The standard InChI is InChI=1S/C19H19ClFN3S/c1-11-5-3-4-10-24(11)17-16-15(13-6-8-14(21)9-7-13)12(2)25-18(16)23-19(20)22-17/h6-9,11H,3-5,10H2,1-2H3. The van der Waals surface area contributed by atoms with Crippen molar-refractivity contribution in [2.45, 2.75) is 39.2 Å². The van der Waals surface area contributed by atoms with Gasteiger partial charge in [0.1, 0.15) is 16.5 Å². The van der Waals surface area contributed by atoms with E-state index in [1.807, 2.05) is 12.1 Å². The van der Waals surface area contributed by atoms with E-state index in [0.717, 1.165) is 51.4 Å². The van der Waals surface area contributed by atoms with Gasteiger partial charge in [-0.25, -0.2) is 9.37 Å². The SMILES string of the molecule is Cc1sc2nc(Cl)nc(N3CCCCC3C)c2c1-c1ccc(F)cc1. The molecule has 0 bridgehead atoms. The zero-order valence-corrected chi connectivity index (χ0v) is 15.8. The van der Waals surface area contributed by atoms with Crippen LogP contribution in [0.3, 0.4) is 0 Å². The zero-order chi connectivity index (χ0) is 17.6. The van der Waals surface area contributed by atoms with Gasteiger partial charge in [-0.3, -0.25) is 0 Å². The number of nitrogens with zero attached hydrogens (tertiary/aromatic N) is 3. The van der Waals surface area contributed by atoms with Crippen LogP contribution in [0.15, 0.2) is 24.3 Å². The van der Waals surface area contributed by atoms with Gasteiger partial charge in [-0.1, -0.05) is 12.1 Å². The highest BCUT2D eigenvalue weighted by atomic mass is 35.5. The van der Waals surface area contributed by atoms with Crippen LogP contribution in [0.1, 0.15) is 31.1 Å². The normalized spacial score (nSPS) is 18.1. The van der Waals surface area contributed by atoms with Crippen LogP contribution in [0.5, 0.6) is 0 Å². The first kappa shape index (κ1) is 16.7. The van der Waals surface area contributed by atoms with Gasteiger partial charge in [-0.15, -0.1) is 11.3 Å². The third-order valence-electron chi connectivity index (χ3n) is 4.89. The molecule has 1 fully saturated rings. The topological polar surface area (TPSA) is 29.0 Å². The van der Waals surface area contributed by atoms with E-state index in [9.17, 15) is 4.39 Å². The van der Waals surface area contributed by atoms with Crippen LogP contribution < -0.4 is 4.90 Å². The van der Waals surface area contributed by atoms with E-state index in [1.165, 1.54) is 18.6 Å². The molecule has 1 atom stereocenters. The summed E-state index contributed by atoms with van der Waals surface area (Å²) in [4.78, 5) is 13.4. The Balaban J connectivity index is 1.97. The van der Waals surface area contributed by atoms with Gasteiger partial charge in [0, 0.05) is 23.0 Å². The maximum atomic E-state index is 13.4. The quantitative estimate of drug-likeness (QED) is 0.527. The summed E-state index contributed by atoms with van der Waals surface area (Å²) in [5, 5.41) is 1.32. The summed E-state index contributed by atoms with van der Waals surface area (Å²) < 4.78 is 13.4. The first-order valence-corrected chi connectivity index (χ1v) is 9.73.